The smallest absolute Gasteiger partial charge is 0.253 e. The summed E-state index contributed by atoms with van der Waals surface area (Å²) in [6.45, 7) is 7.78. The van der Waals surface area contributed by atoms with Crippen molar-refractivity contribution in [2.75, 3.05) is 37.7 Å². The number of piperazine rings is 1. The fourth-order valence-corrected chi connectivity index (χ4v) is 4.62. The van der Waals surface area contributed by atoms with E-state index in [4.69, 9.17) is 9.72 Å². The van der Waals surface area contributed by atoms with Gasteiger partial charge < -0.3 is 14.5 Å². The number of para-hydroxylation sites is 1. The molecule has 0 aliphatic carbocycles. The summed E-state index contributed by atoms with van der Waals surface area (Å²) in [5.41, 5.74) is 3.13. The van der Waals surface area contributed by atoms with Gasteiger partial charge in [-0.2, -0.15) is 0 Å². The first-order valence-corrected chi connectivity index (χ1v) is 10.7. The Morgan fingerprint density at radius 1 is 1.07 bits per heavy atom. The highest BCUT2D eigenvalue weighted by Gasteiger charge is 2.24. The van der Waals surface area contributed by atoms with Crippen molar-refractivity contribution in [3.8, 4) is 5.75 Å². The summed E-state index contributed by atoms with van der Waals surface area (Å²) in [6, 6.07) is 13.8. The number of hydrogen-bond acceptors (Lipinski definition) is 5. The van der Waals surface area contributed by atoms with Gasteiger partial charge in [0.05, 0.1) is 16.8 Å². The molecule has 1 amide bonds. The van der Waals surface area contributed by atoms with Gasteiger partial charge in [-0.1, -0.05) is 30.4 Å². The Balaban J connectivity index is 1.42. The Bertz CT molecular complexity index is 960. The number of aromatic nitrogens is 1. The summed E-state index contributed by atoms with van der Waals surface area (Å²) in [5.74, 6) is 0.881. The van der Waals surface area contributed by atoms with Crippen molar-refractivity contribution in [1.29, 1.82) is 0 Å². The van der Waals surface area contributed by atoms with Crippen LogP contribution < -0.4 is 9.64 Å². The maximum atomic E-state index is 12.8. The molecule has 0 N–H and O–H groups in total. The number of anilines is 1. The minimum absolute atomic E-state index is 0.0836. The van der Waals surface area contributed by atoms with Crippen LogP contribution in [0.3, 0.4) is 0 Å². The lowest BCUT2D eigenvalue weighted by Crippen LogP contribution is -2.48. The quantitative estimate of drug-likeness (QED) is 0.649. The van der Waals surface area contributed by atoms with Crippen LogP contribution in [-0.4, -0.2) is 48.6 Å². The lowest BCUT2D eigenvalue weighted by Gasteiger charge is -2.34. The fourth-order valence-electron chi connectivity index (χ4n) is 3.56. The van der Waals surface area contributed by atoms with Gasteiger partial charge in [0.2, 0.25) is 0 Å². The highest BCUT2D eigenvalue weighted by atomic mass is 32.1. The van der Waals surface area contributed by atoms with Crippen molar-refractivity contribution < 1.29 is 9.53 Å². The number of carbonyl (C=O) groups excluding carboxylic acids is 1. The lowest BCUT2D eigenvalue weighted by molar-refractivity contribution is 0.0746. The van der Waals surface area contributed by atoms with Gasteiger partial charge in [-0.3, -0.25) is 4.79 Å². The molecule has 4 rings (SSSR count). The summed E-state index contributed by atoms with van der Waals surface area (Å²) < 4.78 is 6.69. The maximum absolute atomic E-state index is 12.8. The van der Waals surface area contributed by atoms with Gasteiger partial charge in [0.1, 0.15) is 5.75 Å². The summed E-state index contributed by atoms with van der Waals surface area (Å²) >= 11 is 1.74. The van der Waals surface area contributed by atoms with E-state index in [0.29, 0.717) is 25.3 Å². The normalized spacial score (nSPS) is 14.5. The molecule has 1 aromatic heterocycles. The average Bonchev–Trinajstić information content (AvgIpc) is 3.18. The molecular formula is C22H25N3O2S. The first-order chi connectivity index (χ1) is 13.7. The van der Waals surface area contributed by atoms with E-state index in [9.17, 15) is 4.79 Å². The van der Waals surface area contributed by atoms with Crippen LogP contribution in [0.4, 0.5) is 5.13 Å². The lowest BCUT2D eigenvalue weighted by atomic mass is 10.1. The number of aryl methyl sites for hydroxylation is 1. The van der Waals surface area contributed by atoms with Gasteiger partial charge in [-0.05, 0) is 49.2 Å². The van der Waals surface area contributed by atoms with E-state index in [1.165, 1.54) is 10.3 Å². The number of amides is 1. The van der Waals surface area contributed by atoms with Crippen LogP contribution in [0.1, 0.15) is 29.8 Å². The van der Waals surface area contributed by atoms with Gasteiger partial charge in [0, 0.05) is 31.7 Å². The second-order valence-corrected chi connectivity index (χ2v) is 7.86. The summed E-state index contributed by atoms with van der Waals surface area (Å²) in [4.78, 5) is 21.9. The average molecular weight is 396 g/mol. The molecule has 0 atom stereocenters. The summed E-state index contributed by atoms with van der Waals surface area (Å²) in [7, 11) is 0. The molecule has 2 heterocycles. The third kappa shape index (κ3) is 3.69. The van der Waals surface area contributed by atoms with E-state index >= 15 is 0 Å². The molecule has 5 nitrogen and oxygen atoms in total. The van der Waals surface area contributed by atoms with Gasteiger partial charge in [0.25, 0.3) is 5.91 Å². The van der Waals surface area contributed by atoms with Crippen molar-refractivity contribution in [3.05, 3.63) is 53.6 Å². The highest BCUT2D eigenvalue weighted by molar-refractivity contribution is 7.22. The molecule has 28 heavy (non-hydrogen) atoms. The second kappa shape index (κ2) is 8.19. The van der Waals surface area contributed by atoms with Crippen LogP contribution in [0.25, 0.3) is 10.2 Å². The number of thiazole rings is 1. The molecule has 146 valence electrons. The SMILES string of the molecule is CCOc1ccc(C(=O)N2CCN(c3nc4c(CC)cccc4s3)CC2)cc1. The molecule has 1 fully saturated rings. The Morgan fingerprint density at radius 3 is 2.50 bits per heavy atom. The number of rotatable bonds is 5. The van der Waals surface area contributed by atoms with E-state index in [2.05, 4.69) is 30.0 Å². The molecule has 0 saturated carbocycles. The fraction of sp³-hybridized carbons (Fsp3) is 0.364. The monoisotopic (exact) mass is 395 g/mol. The molecule has 1 aliphatic rings. The molecule has 0 spiro atoms. The molecule has 6 heteroatoms. The number of ether oxygens (including phenoxy) is 1. The van der Waals surface area contributed by atoms with E-state index < -0.39 is 0 Å². The second-order valence-electron chi connectivity index (χ2n) is 6.85. The number of nitrogens with zero attached hydrogens (tertiary/aromatic N) is 3. The number of fused-ring (bicyclic) bond motifs is 1. The molecule has 2 aromatic carbocycles. The summed E-state index contributed by atoms with van der Waals surface area (Å²) in [5, 5.41) is 1.06. The van der Waals surface area contributed by atoms with Crippen molar-refractivity contribution in [2.45, 2.75) is 20.3 Å². The topological polar surface area (TPSA) is 45.7 Å². The van der Waals surface area contributed by atoms with Gasteiger partial charge in [-0.15, -0.1) is 0 Å². The molecule has 0 bridgehead atoms. The predicted octanol–water partition coefficient (Wildman–Crippen LogP) is 4.22. The van der Waals surface area contributed by atoms with Crippen molar-refractivity contribution >= 4 is 32.6 Å². The molecule has 3 aromatic rings. The largest absolute Gasteiger partial charge is 0.494 e. The van der Waals surface area contributed by atoms with Crippen molar-refractivity contribution in [2.24, 2.45) is 0 Å². The van der Waals surface area contributed by atoms with Gasteiger partial charge in [0.15, 0.2) is 5.13 Å². The number of carbonyl (C=O) groups is 1. The van der Waals surface area contributed by atoms with Crippen LogP contribution in [0, 0.1) is 0 Å². The Morgan fingerprint density at radius 2 is 1.82 bits per heavy atom. The minimum Gasteiger partial charge on any atom is -0.494 e. The zero-order chi connectivity index (χ0) is 19.5. The van der Waals surface area contributed by atoms with Crippen LogP contribution in [0.2, 0.25) is 0 Å². The van der Waals surface area contributed by atoms with Gasteiger partial charge >= 0.3 is 0 Å². The predicted molar refractivity (Wildman–Crippen MR) is 115 cm³/mol. The maximum Gasteiger partial charge on any atom is 0.253 e. The molecule has 1 saturated heterocycles. The number of benzene rings is 2. The molecule has 0 radical (unpaired) electrons. The first-order valence-electron chi connectivity index (χ1n) is 9.85. The highest BCUT2D eigenvalue weighted by Crippen LogP contribution is 2.31. The van der Waals surface area contributed by atoms with E-state index in [1.54, 1.807) is 11.3 Å². The molecular weight excluding hydrogens is 370 g/mol. The summed E-state index contributed by atoms with van der Waals surface area (Å²) in [6.07, 6.45) is 0.991. The van der Waals surface area contributed by atoms with E-state index in [0.717, 1.165) is 35.9 Å². The van der Waals surface area contributed by atoms with E-state index in [1.807, 2.05) is 36.1 Å². The van der Waals surface area contributed by atoms with Crippen molar-refractivity contribution in [1.82, 2.24) is 9.88 Å². The Kier molecular flexibility index (Phi) is 5.48. The van der Waals surface area contributed by atoms with Crippen LogP contribution in [0.15, 0.2) is 42.5 Å². The number of hydrogen-bond donors (Lipinski definition) is 0. The van der Waals surface area contributed by atoms with Crippen LogP contribution >= 0.6 is 11.3 Å². The van der Waals surface area contributed by atoms with Crippen molar-refractivity contribution in [3.63, 3.8) is 0 Å². The Hall–Kier alpha value is -2.60. The zero-order valence-electron chi connectivity index (χ0n) is 16.4. The van der Waals surface area contributed by atoms with Crippen LogP contribution in [-0.2, 0) is 6.42 Å². The van der Waals surface area contributed by atoms with E-state index in [-0.39, 0.29) is 5.91 Å². The minimum atomic E-state index is 0.0836. The molecule has 0 unspecified atom stereocenters. The third-order valence-corrected chi connectivity index (χ3v) is 6.20. The Labute approximate surface area is 169 Å². The molecule has 1 aliphatic heterocycles. The van der Waals surface area contributed by atoms with Gasteiger partial charge in [-0.25, -0.2) is 4.98 Å². The van der Waals surface area contributed by atoms with Crippen LogP contribution in [0.5, 0.6) is 5.75 Å². The third-order valence-electron chi connectivity index (χ3n) is 5.12. The first kappa shape index (κ1) is 18.7. The zero-order valence-corrected chi connectivity index (χ0v) is 17.2. The standard InChI is InChI=1S/C22H25N3O2S/c1-3-16-6-5-7-19-20(16)23-22(28-19)25-14-12-24(13-15-25)21(26)17-8-10-18(11-9-17)27-4-2/h5-11H,3-4,12-15H2,1-2H3.